The fourth-order valence-corrected chi connectivity index (χ4v) is 5.25. The van der Waals surface area contributed by atoms with Crippen LogP contribution in [0.1, 0.15) is 62.1 Å². The number of nitrogens with zero attached hydrogens (tertiary/aromatic N) is 1. The van der Waals surface area contributed by atoms with Crippen LogP contribution < -0.4 is 14.8 Å². The number of aromatic hydroxyl groups is 2. The standard InChI is InChI=1S/C28H40N2O4.2ClH/c1-2-16-30(23-9-10-24-22(19-23)8-11-25(31)28(24)32)17-6-4-3-5-14-29-15-13-21-7-12-26-27(18-21)34-20-33-26;;/h7-8,11-12,18,23,29,31-32H,2-6,9-10,13-17,19-20H2,1H3;2*1H/t23-;;/m0../s1. The molecule has 3 N–H and O–H groups in total. The first kappa shape index (κ1) is 30.4. The van der Waals surface area contributed by atoms with Gasteiger partial charge in [0.25, 0.3) is 0 Å². The minimum absolute atomic E-state index is 0. The topological polar surface area (TPSA) is 74.2 Å². The van der Waals surface area contributed by atoms with E-state index in [0.717, 1.165) is 75.3 Å². The number of ether oxygens (including phenoxy) is 2. The molecule has 0 amide bonds. The zero-order valence-electron chi connectivity index (χ0n) is 21.3. The maximum Gasteiger partial charge on any atom is 0.231 e. The van der Waals surface area contributed by atoms with Crippen molar-refractivity contribution in [1.82, 2.24) is 10.2 Å². The highest BCUT2D eigenvalue weighted by Gasteiger charge is 2.26. The van der Waals surface area contributed by atoms with E-state index in [9.17, 15) is 10.2 Å². The smallest absolute Gasteiger partial charge is 0.231 e. The highest BCUT2D eigenvalue weighted by atomic mass is 35.5. The maximum atomic E-state index is 10.2. The van der Waals surface area contributed by atoms with Gasteiger partial charge in [0.2, 0.25) is 6.79 Å². The van der Waals surface area contributed by atoms with Crippen molar-refractivity contribution in [2.45, 2.75) is 70.8 Å². The highest BCUT2D eigenvalue weighted by molar-refractivity contribution is 5.85. The molecular formula is C28H42Cl2N2O4. The van der Waals surface area contributed by atoms with E-state index in [4.69, 9.17) is 9.47 Å². The fourth-order valence-electron chi connectivity index (χ4n) is 5.25. The third-order valence-electron chi connectivity index (χ3n) is 7.15. The summed E-state index contributed by atoms with van der Waals surface area (Å²) in [6, 6.07) is 10.4. The number of hydrogen-bond acceptors (Lipinski definition) is 6. The summed E-state index contributed by atoms with van der Waals surface area (Å²) in [4.78, 5) is 2.65. The molecular weight excluding hydrogens is 499 g/mol. The van der Waals surface area contributed by atoms with Crippen LogP contribution in [-0.2, 0) is 19.3 Å². The predicted molar refractivity (Wildman–Crippen MR) is 150 cm³/mol. The van der Waals surface area contributed by atoms with Crippen LogP contribution in [-0.4, -0.2) is 54.1 Å². The Morgan fingerprint density at radius 2 is 1.75 bits per heavy atom. The molecule has 0 bridgehead atoms. The molecule has 2 aliphatic rings. The third kappa shape index (κ3) is 8.07. The van der Waals surface area contributed by atoms with Crippen molar-refractivity contribution in [3.63, 3.8) is 0 Å². The Kier molecular flexibility index (Phi) is 13.0. The van der Waals surface area contributed by atoms with Gasteiger partial charge < -0.3 is 29.9 Å². The van der Waals surface area contributed by atoms with Crippen LogP contribution in [0, 0.1) is 0 Å². The van der Waals surface area contributed by atoms with Crippen LogP contribution in [0.5, 0.6) is 23.0 Å². The first-order valence-electron chi connectivity index (χ1n) is 13.0. The normalized spacial score (nSPS) is 15.8. The van der Waals surface area contributed by atoms with Crippen molar-refractivity contribution < 1.29 is 19.7 Å². The molecule has 36 heavy (non-hydrogen) atoms. The third-order valence-corrected chi connectivity index (χ3v) is 7.15. The lowest BCUT2D eigenvalue weighted by Gasteiger charge is -2.35. The summed E-state index contributed by atoms with van der Waals surface area (Å²) >= 11 is 0. The van der Waals surface area contributed by atoms with Crippen molar-refractivity contribution in [3.8, 4) is 23.0 Å². The average Bonchev–Trinajstić information content (AvgIpc) is 3.32. The van der Waals surface area contributed by atoms with Gasteiger partial charge in [-0.3, -0.25) is 0 Å². The van der Waals surface area contributed by atoms with Crippen LogP contribution in [0.4, 0.5) is 0 Å². The average molecular weight is 542 g/mol. The van der Waals surface area contributed by atoms with Gasteiger partial charge in [0.1, 0.15) is 0 Å². The van der Waals surface area contributed by atoms with E-state index in [1.165, 1.54) is 36.8 Å². The number of phenols is 2. The minimum atomic E-state index is 0. The molecule has 8 heteroatoms. The molecule has 0 saturated carbocycles. The molecule has 4 rings (SSSR count). The zero-order valence-corrected chi connectivity index (χ0v) is 23.0. The molecule has 202 valence electrons. The van der Waals surface area contributed by atoms with Crippen LogP contribution in [0.3, 0.4) is 0 Å². The molecule has 0 aromatic heterocycles. The van der Waals surface area contributed by atoms with Crippen molar-refractivity contribution in [2.75, 3.05) is 33.0 Å². The summed E-state index contributed by atoms with van der Waals surface area (Å²) in [5, 5.41) is 23.5. The SMILES string of the molecule is CCCN(CCCCCCNCCc1ccc2c(c1)OCO2)[C@H]1CCc2c(ccc(O)c2O)C1.Cl.Cl. The van der Waals surface area contributed by atoms with Gasteiger partial charge in [-0.15, -0.1) is 24.8 Å². The first-order chi connectivity index (χ1) is 16.7. The lowest BCUT2D eigenvalue weighted by atomic mass is 9.86. The Morgan fingerprint density at radius 1 is 0.944 bits per heavy atom. The summed E-state index contributed by atoms with van der Waals surface area (Å²) in [6.45, 7) is 6.92. The van der Waals surface area contributed by atoms with Crippen molar-refractivity contribution in [1.29, 1.82) is 0 Å². The van der Waals surface area contributed by atoms with Gasteiger partial charge in [-0.1, -0.05) is 31.9 Å². The molecule has 0 fully saturated rings. The summed E-state index contributed by atoms with van der Waals surface area (Å²) in [7, 11) is 0. The second kappa shape index (κ2) is 15.4. The molecule has 1 aliphatic carbocycles. The molecule has 6 nitrogen and oxygen atoms in total. The molecule has 2 aromatic rings. The number of hydrogen-bond donors (Lipinski definition) is 3. The lowest BCUT2D eigenvalue weighted by Crippen LogP contribution is -2.40. The summed E-state index contributed by atoms with van der Waals surface area (Å²) in [6.07, 6.45) is 10.0. The maximum absolute atomic E-state index is 10.2. The van der Waals surface area contributed by atoms with Gasteiger partial charge in [-0.05, 0) is 100 Å². The van der Waals surface area contributed by atoms with Crippen molar-refractivity contribution in [3.05, 3.63) is 47.0 Å². The van der Waals surface area contributed by atoms with Gasteiger partial charge >= 0.3 is 0 Å². The monoisotopic (exact) mass is 540 g/mol. The predicted octanol–water partition coefficient (Wildman–Crippen LogP) is 5.63. The Bertz CT molecular complexity index is 944. The first-order valence-corrected chi connectivity index (χ1v) is 13.0. The summed E-state index contributed by atoms with van der Waals surface area (Å²) < 4.78 is 10.8. The van der Waals surface area contributed by atoms with Gasteiger partial charge in [0, 0.05) is 11.6 Å². The molecule has 1 heterocycles. The van der Waals surface area contributed by atoms with Gasteiger partial charge in [0.15, 0.2) is 23.0 Å². The summed E-state index contributed by atoms with van der Waals surface area (Å²) in [5.41, 5.74) is 3.42. The highest BCUT2D eigenvalue weighted by Crippen LogP contribution is 2.37. The van der Waals surface area contributed by atoms with Crippen LogP contribution in [0.15, 0.2) is 30.3 Å². The number of fused-ring (bicyclic) bond motifs is 2. The Morgan fingerprint density at radius 3 is 2.58 bits per heavy atom. The van der Waals surface area contributed by atoms with Gasteiger partial charge in [-0.25, -0.2) is 0 Å². The van der Waals surface area contributed by atoms with Crippen molar-refractivity contribution in [2.24, 2.45) is 0 Å². The minimum Gasteiger partial charge on any atom is -0.504 e. The Hall–Kier alpha value is -1.86. The van der Waals surface area contributed by atoms with E-state index < -0.39 is 0 Å². The van der Waals surface area contributed by atoms with Crippen LogP contribution in [0.25, 0.3) is 0 Å². The number of unbranched alkanes of at least 4 members (excludes halogenated alkanes) is 3. The number of benzene rings is 2. The molecule has 1 aliphatic heterocycles. The number of phenolic OH excluding ortho intramolecular Hbond substituents is 2. The van der Waals surface area contributed by atoms with E-state index >= 15 is 0 Å². The quantitative estimate of drug-likeness (QED) is 0.226. The van der Waals surface area contributed by atoms with E-state index in [1.54, 1.807) is 6.07 Å². The summed E-state index contributed by atoms with van der Waals surface area (Å²) in [5.74, 6) is 1.80. The van der Waals surface area contributed by atoms with Crippen LogP contribution >= 0.6 is 24.8 Å². The van der Waals surface area contributed by atoms with E-state index in [2.05, 4.69) is 29.3 Å². The molecule has 1 atom stereocenters. The molecule has 0 unspecified atom stereocenters. The lowest BCUT2D eigenvalue weighted by molar-refractivity contribution is 0.174. The van der Waals surface area contributed by atoms with Gasteiger partial charge in [-0.2, -0.15) is 0 Å². The van der Waals surface area contributed by atoms with Crippen LogP contribution in [0.2, 0.25) is 0 Å². The number of rotatable bonds is 13. The van der Waals surface area contributed by atoms with E-state index in [1.807, 2.05) is 12.1 Å². The number of nitrogens with one attached hydrogen (secondary N) is 1. The molecule has 0 saturated heterocycles. The van der Waals surface area contributed by atoms with Gasteiger partial charge in [0.05, 0.1) is 0 Å². The Balaban J connectivity index is 0.00000228. The molecule has 2 aromatic carbocycles. The molecule has 0 radical (unpaired) electrons. The fraction of sp³-hybridized carbons (Fsp3) is 0.571. The second-order valence-electron chi connectivity index (χ2n) is 9.61. The van der Waals surface area contributed by atoms with Crippen molar-refractivity contribution >= 4 is 24.8 Å². The molecule has 0 spiro atoms. The zero-order chi connectivity index (χ0) is 23.8. The van der Waals surface area contributed by atoms with E-state index in [-0.39, 0.29) is 36.3 Å². The van der Waals surface area contributed by atoms with E-state index in [0.29, 0.717) is 12.8 Å². The second-order valence-corrected chi connectivity index (χ2v) is 9.61. The largest absolute Gasteiger partial charge is 0.504 e. The Labute approximate surface area is 228 Å². The number of halogens is 2.